The van der Waals surface area contributed by atoms with Crippen molar-refractivity contribution in [3.63, 3.8) is 0 Å². The molecule has 0 saturated carbocycles. The number of anilines is 1. The summed E-state index contributed by atoms with van der Waals surface area (Å²) < 4.78 is 37.4. The standard InChI is InChI=1S/C15H17F3N4OS2/c1-2-3-4-5-13-21-22-14(25-13)20-11(23)9-24-12-7-6-10(8-19-12)15(16,17)18/h6-8H,2-5,9H2,1H3,(H,20,22,23). The largest absolute Gasteiger partial charge is 0.417 e. The van der Waals surface area contributed by atoms with Gasteiger partial charge in [-0.3, -0.25) is 10.1 Å². The quantitative estimate of drug-likeness (QED) is 0.534. The molecule has 0 fully saturated rings. The van der Waals surface area contributed by atoms with Crippen LogP contribution >= 0.6 is 23.1 Å². The van der Waals surface area contributed by atoms with Crippen LogP contribution in [-0.4, -0.2) is 26.8 Å². The smallest absolute Gasteiger partial charge is 0.300 e. The van der Waals surface area contributed by atoms with Crippen molar-refractivity contribution in [2.75, 3.05) is 11.1 Å². The number of rotatable bonds is 8. The van der Waals surface area contributed by atoms with Crippen LogP contribution in [0.25, 0.3) is 0 Å². The van der Waals surface area contributed by atoms with E-state index in [1.165, 1.54) is 17.4 Å². The van der Waals surface area contributed by atoms with Crippen LogP contribution in [-0.2, 0) is 17.4 Å². The van der Waals surface area contributed by atoms with Crippen molar-refractivity contribution in [2.45, 2.75) is 43.8 Å². The molecule has 0 saturated heterocycles. The first kappa shape index (κ1) is 19.6. The minimum atomic E-state index is -4.42. The van der Waals surface area contributed by atoms with Gasteiger partial charge in [0.15, 0.2) is 0 Å². The van der Waals surface area contributed by atoms with Gasteiger partial charge in [0.05, 0.1) is 16.3 Å². The molecule has 2 aromatic heterocycles. The molecule has 10 heteroatoms. The molecule has 0 unspecified atom stereocenters. The maximum absolute atomic E-state index is 12.5. The molecular weight excluding hydrogens is 373 g/mol. The number of halogens is 3. The molecule has 5 nitrogen and oxygen atoms in total. The molecular formula is C15H17F3N4OS2. The van der Waals surface area contributed by atoms with E-state index in [1.54, 1.807) is 0 Å². The lowest BCUT2D eigenvalue weighted by Gasteiger charge is -2.06. The number of unbranched alkanes of at least 4 members (excludes halogenated alkanes) is 2. The molecule has 0 spiro atoms. The molecule has 2 aromatic rings. The Hall–Kier alpha value is -1.68. The van der Waals surface area contributed by atoms with E-state index in [4.69, 9.17) is 0 Å². The predicted molar refractivity (Wildman–Crippen MR) is 91.7 cm³/mol. The summed E-state index contributed by atoms with van der Waals surface area (Å²) in [5.41, 5.74) is -0.814. The Morgan fingerprint density at radius 3 is 2.72 bits per heavy atom. The molecule has 1 amide bonds. The number of hydrogen-bond acceptors (Lipinski definition) is 6. The number of pyridine rings is 1. The van der Waals surface area contributed by atoms with Crippen molar-refractivity contribution in [3.05, 3.63) is 28.9 Å². The van der Waals surface area contributed by atoms with Gasteiger partial charge in [0.1, 0.15) is 5.01 Å². The third kappa shape index (κ3) is 6.62. The highest BCUT2D eigenvalue weighted by Gasteiger charge is 2.30. The first-order chi connectivity index (χ1) is 11.9. The second kappa shape index (κ2) is 9.14. The number of alkyl halides is 3. The average molecular weight is 390 g/mol. The van der Waals surface area contributed by atoms with Crippen molar-refractivity contribution in [1.82, 2.24) is 15.2 Å². The van der Waals surface area contributed by atoms with Gasteiger partial charge in [0.25, 0.3) is 0 Å². The summed E-state index contributed by atoms with van der Waals surface area (Å²) >= 11 is 2.39. The number of hydrogen-bond donors (Lipinski definition) is 1. The first-order valence-electron chi connectivity index (χ1n) is 7.66. The number of nitrogens with one attached hydrogen (secondary N) is 1. The summed E-state index contributed by atoms with van der Waals surface area (Å²) in [5.74, 6) is -0.272. The van der Waals surface area contributed by atoms with Crippen LogP contribution in [0.3, 0.4) is 0 Å². The van der Waals surface area contributed by atoms with Gasteiger partial charge >= 0.3 is 6.18 Å². The molecule has 0 aliphatic rings. The van der Waals surface area contributed by atoms with Gasteiger partial charge < -0.3 is 0 Å². The molecule has 1 N–H and O–H groups in total. The molecule has 25 heavy (non-hydrogen) atoms. The van der Waals surface area contributed by atoms with Gasteiger partial charge in [0.2, 0.25) is 11.0 Å². The zero-order chi connectivity index (χ0) is 18.3. The van der Waals surface area contributed by atoms with Gasteiger partial charge in [-0.2, -0.15) is 13.2 Å². The molecule has 2 rings (SSSR count). The second-order valence-corrected chi connectivity index (χ2v) is 7.24. The summed E-state index contributed by atoms with van der Waals surface area (Å²) in [7, 11) is 0. The molecule has 0 atom stereocenters. The Bertz CT molecular complexity index is 689. The normalized spacial score (nSPS) is 11.5. The fourth-order valence-electron chi connectivity index (χ4n) is 1.86. The van der Waals surface area contributed by atoms with Crippen LogP contribution in [0.1, 0.15) is 36.8 Å². The zero-order valence-corrected chi connectivity index (χ0v) is 15.1. The summed E-state index contributed by atoms with van der Waals surface area (Å²) in [6.45, 7) is 2.12. The van der Waals surface area contributed by atoms with Crippen molar-refractivity contribution < 1.29 is 18.0 Å². The highest BCUT2D eigenvalue weighted by atomic mass is 32.2. The van der Waals surface area contributed by atoms with Gasteiger partial charge in [-0.25, -0.2) is 4.98 Å². The van der Waals surface area contributed by atoms with Crippen LogP contribution in [0.2, 0.25) is 0 Å². The molecule has 0 aliphatic carbocycles. The number of nitrogens with zero attached hydrogens (tertiary/aromatic N) is 3. The Kier molecular flexibility index (Phi) is 7.18. The number of amides is 1. The van der Waals surface area contributed by atoms with Crippen LogP contribution in [0.4, 0.5) is 18.3 Å². The maximum Gasteiger partial charge on any atom is 0.417 e. The Balaban J connectivity index is 1.79. The minimum absolute atomic E-state index is 0.0309. The van der Waals surface area contributed by atoms with Crippen molar-refractivity contribution >= 4 is 34.1 Å². The fourth-order valence-corrected chi connectivity index (χ4v) is 3.30. The van der Waals surface area contributed by atoms with Crippen LogP contribution in [0, 0.1) is 0 Å². The predicted octanol–water partition coefficient (Wildman–Crippen LogP) is 4.42. The number of aryl methyl sites for hydroxylation is 1. The van der Waals surface area contributed by atoms with E-state index in [0.29, 0.717) is 10.2 Å². The minimum Gasteiger partial charge on any atom is -0.300 e. The number of carbonyl (C=O) groups excluding carboxylic acids is 1. The van der Waals surface area contributed by atoms with E-state index < -0.39 is 11.7 Å². The van der Waals surface area contributed by atoms with E-state index in [0.717, 1.165) is 54.7 Å². The van der Waals surface area contributed by atoms with E-state index in [1.807, 2.05) is 0 Å². The Morgan fingerprint density at radius 1 is 1.28 bits per heavy atom. The Morgan fingerprint density at radius 2 is 2.08 bits per heavy atom. The molecule has 0 aromatic carbocycles. The molecule has 0 radical (unpaired) electrons. The lowest BCUT2D eigenvalue weighted by Crippen LogP contribution is -2.14. The number of thioether (sulfide) groups is 1. The van der Waals surface area contributed by atoms with Crippen molar-refractivity contribution in [3.8, 4) is 0 Å². The summed E-state index contributed by atoms with van der Waals surface area (Å²) in [6.07, 6.45) is 0.462. The zero-order valence-electron chi connectivity index (χ0n) is 13.5. The highest BCUT2D eigenvalue weighted by Crippen LogP contribution is 2.29. The molecule has 0 aliphatic heterocycles. The van der Waals surface area contributed by atoms with E-state index >= 15 is 0 Å². The number of aromatic nitrogens is 3. The monoisotopic (exact) mass is 390 g/mol. The third-order valence-electron chi connectivity index (χ3n) is 3.12. The Labute approximate surface area is 151 Å². The first-order valence-corrected chi connectivity index (χ1v) is 9.47. The van der Waals surface area contributed by atoms with Crippen molar-refractivity contribution in [2.24, 2.45) is 0 Å². The van der Waals surface area contributed by atoms with Gasteiger partial charge in [-0.05, 0) is 18.6 Å². The van der Waals surface area contributed by atoms with Crippen LogP contribution < -0.4 is 5.32 Å². The van der Waals surface area contributed by atoms with E-state index in [-0.39, 0.29) is 11.7 Å². The SMILES string of the molecule is CCCCCc1nnc(NC(=O)CSc2ccc(C(F)(F)F)cn2)s1. The van der Waals surface area contributed by atoms with Gasteiger partial charge in [0, 0.05) is 12.6 Å². The van der Waals surface area contributed by atoms with Crippen LogP contribution in [0.5, 0.6) is 0 Å². The summed E-state index contributed by atoms with van der Waals surface area (Å²) in [5, 5.41) is 12.2. The van der Waals surface area contributed by atoms with E-state index in [2.05, 4.69) is 27.4 Å². The average Bonchev–Trinajstić information content (AvgIpc) is 3.00. The second-order valence-electron chi connectivity index (χ2n) is 5.18. The summed E-state index contributed by atoms with van der Waals surface area (Å²) in [4.78, 5) is 15.6. The molecule has 0 bridgehead atoms. The van der Waals surface area contributed by atoms with Crippen LogP contribution in [0.15, 0.2) is 23.4 Å². The molecule has 2 heterocycles. The topological polar surface area (TPSA) is 67.8 Å². The van der Waals surface area contributed by atoms with Crippen molar-refractivity contribution in [1.29, 1.82) is 0 Å². The van der Waals surface area contributed by atoms with Gasteiger partial charge in [-0.1, -0.05) is 42.9 Å². The molecule has 136 valence electrons. The third-order valence-corrected chi connectivity index (χ3v) is 4.96. The summed E-state index contributed by atoms with van der Waals surface area (Å²) in [6, 6.07) is 2.19. The van der Waals surface area contributed by atoms with Gasteiger partial charge in [-0.15, -0.1) is 10.2 Å². The fraction of sp³-hybridized carbons (Fsp3) is 0.467. The highest BCUT2D eigenvalue weighted by molar-refractivity contribution is 7.99. The number of carbonyl (C=O) groups is 1. The maximum atomic E-state index is 12.5. The lowest BCUT2D eigenvalue weighted by atomic mass is 10.2. The lowest BCUT2D eigenvalue weighted by molar-refractivity contribution is -0.137. The van der Waals surface area contributed by atoms with E-state index in [9.17, 15) is 18.0 Å².